The molecule has 0 N–H and O–H groups in total. The third kappa shape index (κ3) is 3.53. The number of esters is 1. The summed E-state index contributed by atoms with van der Waals surface area (Å²) in [6.07, 6.45) is 4.98. The first-order valence-electron chi connectivity index (χ1n) is 7.36. The number of nitrogens with zero attached hydrogens (tertiary/aromatic N) is 3. The standard InChI is InChI=1S/C17H19N3O2/c1-3-4-9-22-17(21)16-11-19-12-20(16)13(2)15-7-5-14(10-18)6-8-15/h5-8,11-13H,3-4,9H2,1-2H3/t13-/m1/s1. The molecule has 0 bridgehead atoms. The fourth-order valence-electron chi connectivity index (χ4n) is 2.15. The lowest BCUT2D eigenvalue weighted by atomic mass is 10.1. The van der Waals surface area contributed by atoms with Crippen molar-refractivity contribution in [2.75, 3.05) is 6.61 Å². The van der Waals surface area contributed by atoms with E-state index in [9.17, 15) is 4.79 Å². The minimum absolute atomic E-state index is 0.0658. The van der Waals surface area contributed by atoms with Crippen LogP contribution in [0.25, 0.3) is 0 Å². The van der Waals surface area contributed by atoms with Crippen LogP contribution in [-0.2, 0) is 4.74 Å². The summed E-state index contributed by atoms with van der Waals surface area (Å²) in [4.78, 5) is 16.2. The topological polar surface area (TPSA) is 67.9 Å². The van der Waals surface area contributed by atoms with E-state index < -0.39 is 0 Å². The van der Waals surface area contributed by atoms with Gasteiger partial charge in [-0.15, -0.1) is 0 Å². The SMILES string of the molecule is CCCCOC(=O)c1cncn1[C@H](C)c1ccc(C#N)cc1. The van der Waals surface area contributed by atoms with Crippen LogP contribution in [0.3, 0.4) is 0 Å². The molecule has 5 nitrogen and oxygen atoms in total. The van der Waals surface area contributed by atoms with Crippen molar-refractivity contribution in [3.05, 3.63) is 53.6 Å². The normalized spacial score (nSPS) is 11.7. The zero-order chi connectivity index (χ0) is 15.9. The second kappa shape index (κ2) is 7.41. The van der Waals surface area contributed by atoms with Crippen molar-refractivity contribution in [1.82, 2.24) is 9.55 Å². The molecule has 22 heavy (non-hydrogen) atoms. The van der Waals surface area contributed by atoms with Crippen molar-refractivity contribution in [2.24, 2.45) is 0 Å². The van der Waals surface area contributed by atoms with Gasteiger partial charge < -0.3 is 9.30 Å². The number of hydrogen-bond acceptors (Lipinski definition) is 4. The first-order valence-corrected chi connectivity index (χ1v) is 7.36. The molecule has 5 heteroatoms. The molecule has 0 aliphatic carbocycles. The van der Waals surface area contributed by atoms with E-state index in [4.69, 9.17) is 10.00 Å². The molecule has 0 unspecified atom stereocenters. The first kappa shape index (κ1) is 15.8. The van der Waals surface area contributed by atoms with E-state index in [-0.39, 0.29) is 12.0 Å². The highest BCUT2D eigenvalue weighted by Gasteiger charge is 2.18. The summed E-state index contributed by atoms with van der Waals surface area (Å²) in [6.45, 7) is 4.45. The molecule has 114 valence electrons. The highest BCUT2D eigenvalue weighted by atomic mass is 16.5. The van der Waals surface area contributed by atoms with Crippen LogP contribution in [0.2, 0.25) is 0 Å². The van der Waals surface area contributed by atoms with Gasteiger partial charge in [0, 0.05) is 0 Å². The average molecular weight is 297 g/mol. The predicted molar refractivity (Wildman–Crippen MR) is 82.4 cm³/mol. The summed E-state index contributed by atoms with van der Waals surface area (Å²) in [5.41, 5.74) is 2.05. The van der Waals surface area contributed by atoms with Gasteiger partial charge >= 0.3 is 5.97 Å². The Balaban J connectivity index is 2.16. The Kier molecular flexibility index (Phi) is 5.31. The van der Waals surface area contributed by atoms with Crippen molar-refractivity contribution < 1.29 is 9.53 Å². The third-order valence-corrected chi connectivity index (χ3v) is 3.55. The molecule has 0 fully saturated rings. The summed E-state index contributed by atoms with van der Waals surface area (Å²) in [6, 6.07) is 9.33. The van der Waals surface area contributed by atoms with E-state index in [0.717, 1.165) is 18.4 Å². The summed E-state index contributed by atoms with van der Waals surface area (Å²) in [5.74, 6) is -0.355. The highest BCUT2D eigenvalue weighted by Crippen LogP contribution is 2.20. The first-order chi connectivity index (χ1) is 10.7. The predicted octanol–water partition coefficient (Wildman–Crippen LogP) is 3.32. The van der Waals surface area contributed by atoms with Crippen molar-refractivity contribution in [1.29, 1.82) is 5.26 Å². The number of unbranched alkanes of at least 4 members (excludes halogenated alkanes) is 1. The fraction of sp³-hybridized carbons (Fsp3) is 0.353. The van der Waals surface area contributed by atoms with Crippen LogP contribution in [0.4, 0.5) is 0 Å². The van der Waals surface area contributed by atoms with Crippen LogP contribution in [0, 0.1) is 11.3 Å². The van der Waals surface area contributed by atoms with Gasteiger partial charge in [0.25, 0.3) is 0 Å². The molecule has 1 heterocycles. The Morgan fingerprint density at radius 1 is 1.41 bits per heavy atom. The number of imidazole rings is 1. The number of rotatable bonds is 6. The summed E-state index contributed by atoms with van der Waals surface area (Å²) in [5, 5.41) is 8.84. The maximum absolute atomic E-state index is 12.1. The lowest BCUT2D eigenvalue weighted by molar-refractivity contribution is 0.0486. The van der Waals surface area contributed by atoms with Crippen LogP contribution in [0.1, 0.15) is 54.3 Å². The minimum atomic E-state index is -0.355. The third-order valence-electron chi connectivity index (χ3n) is 3.55. The number of carbonyl (C=O) groups excluding carboxylic acids is 1. The van der Waals surface area contributed by atoms with Crippen LogP contribution in [0.15, 0.2) is 36.8 Å². The van der Waals surface area contributed by atoms with E-state index in [1.165, 1.54) is 6.20 Å². The van der Waals surface area contributed by atoms with Crippen LogP contribution >= 0.6 is 0 Å². The molecule has 0 spiro atoms. The van der Waals surface area contributed by atoms with Gasteiger partial charge in [-0.05, 0) is 31.0 Å². The Bertz CT molecular complexity index is 668. The van der Waals surface area contributed by atoms with Crippen LogP contribution in [-0.4, -0.2) is 22.1 Å². The molecule has 0 amide bonds. The molecular weight excluding hydrogens is 278 g/mol. The summed E-state index contributed by atoms with van der Waals surface area (Å²) < 4.78 is 7.03. The molecule has 2 aromatic rings. The number of ether oxygens (including phenoxy) is 1. The van der Waals surface area contributed by atoms with Gasteiger partial charge in [-0.25, -0.2) is 9.78 Å². The van der Waals surface area contributed by atoms with Gasteiger partial charge in [0.15, 0.2) is 0 Å². The van der Waals surface area contributed by atoms with Crippen molar-refractivity contribution in [3.63, 3.8) is 0 Å². The van der Waals surface area contributed by atoms with E-state index in [1.54, 1.807) is 23.0 Å². The zero-order valence-corrected chi connectivity index (χ0v) is 12.8. The number of hydrogen-bond donors (Lipinski definition) is 0. The van der Waals surface area contributed by atoms with Crippen LogP contribution in [0.5, 0.6) is 0 Å². The maximum atomic E-state index is 12.1. The molecule has 1 atom stereocenters. The summed E-state index contributed by atoms with van der Waals surface area (Å²) >= 11 is 0. The zero-order valence-electron chi connectivity index (χ0n) is 12.8. The molecular formula is C17H19N3O2. The Labute approximate surface area is 130 Å². The number of aromatic nitrogens is 2. The van der Waals surface area contributed by atoms with Crippen molar-refractivity contribution in [3.8, 4) is 6.07 Å². The van der Waals surface area contributed by atoms with Crippen molar-refractivity contribution >= 4 is 5.97 Å². The molecule has 0 saturated carbocycles. The van der Waals surface area contributed by atoms with Gasteiger partial charge in [0.2, 0.25) is 0 Å². The molecule has 0 aliphatic heterocycles. The lowest BCUT2D eigenvalue weighted by Gasteiger charge is -2.16. The largest absolute Gasteiger partial charge is 0.461 e. The second-order valence-corrected chi connectivity index (χ2v) is 5.09. The van der Waals surface area contributed by atoms with Crippen molar-refractivity contribution in [2.45, 2.75) is 32.7 Å². The molecule has 1 aromatic heterocycles. The van der Waals surface area contributed by atoms with Gasteiger partial charge in [-0.1, -0.05) is 25.5 Å². The smallest absolute Gasteiger partial charge is 0.356 e. The Morgan fingerprint density at radius 2 is 2.14 bits per heavy atom. The minimum Gasteiger partial charge on any atom is -0.461 e. The Morgan fingerprint density at radius 3 is 2.77 bits per heavy atom. The highest BCUT2D eigenvalue weighted by molar-refractivity contribution is 5.87. The van der Waals surface area contributed by atoms with E-state index in [1.807, 2.05) is 26.0 Å². The fourth-order valence-corrected chi connectivity index (χ4v) is 2.15. The molecule has 0 saturated heterocycles. The monoisotopic (exact) mass is 297 g/mol. The quantitative estimate of drug-likeness (QED) is 0.606. The molecule has 1 aromatic carbocycles. The Hall–Kier alpha value is -2.61. The van der Waals surface area contributed by atoms with Crippen LogP contribution < -0.4 is 0 Å². The maximum Gasteiger partial charge on any atom is 0.356 e. The summed E-state index contributed by atoms with van der Waals surface area (Å²) in [7, 11) is 0. The lowest BCUT2D eigenvalue weighted by Crippen LogP contribution is -2.16. The molecule has 0 aliphatic rings. The van der Waals surface area contributed by atoms with Gasteiger partial charge in [-0.2, -0.15) is 5.26 Å². The number of carbonyl (C=O) groups is 1. The van der Waals surface area contributed by atoms with E-state index in [0.29, 0.717) is 17.9 Å². The average Bonchev–Trinajstić information content (AvgIpc) is 3.04. The number of nitriles is 1. The van der Waals surface area contributed by atoms with E-state index in [2.05, 4.69) is 11.1 Å². The molecule has 0 radical (unpaired) electrons. The van der Waals surface area contributed by atoms with Gasteiger partial charge in [0.1, 0.15) is 5.69 Å². The molecule has 2 rings (SSSR count). The second-order valence-electron chi connectivity index (χ2n) is 5.09. The van der Waals surface area contributed by atoms with Gasteiger partial charge in [-0.3, -0.25) is 0 Å². The number of benzene rings is 1. The van der Waals surface area contributed by atoms with E-state index >= 15 is 0 Å². The van der Waals surface area contributed by atoms with Gasteiger partial charge in [0.05, 0.1) is 36.8 Å².